The van der Waals surface area contributed by atoms with Gasteiger partial charge >= 0.3 is 6.18 Å². The second kappa shape index (κ2) is 9.59. The number of benzene rings is 1. The fraction of sp³-hybridized carbons (Fsp3) is 0.500. The molecular formula is C20H20BrF4N3OS. The molecule has 30 heavy (non-hydrogen) atoms. The molecular weight excluding hydrogens is 486 g/mol. The Morgan fingerprint density at radius 2 is 1.93 bits per heavy atom. The van der Waals surface area contributed by atoms with Gasteiger partial charge in [-0.25, -0.2) is 4.39 Å². The highest BCUT2D eigenvalue weighted by Crippen LogP contribution is 2.40. The normalized spacial score (nSPS) is 25.9. The van der Waals surface area contributed by atoms with Crippen molar-refractivity contribution in [3.8, 4) is 17.9 Å². The Kier molecular flexibility index (Phi) is 7.84. The van der Waals surface area contributed by atoms with E-state index in [0.717, 1.165) is 11.8 Å². The molecule has 0 saturated heterocycles. The molecule has 0 bridgehead atoms. The minimum atomic E-state index is -4.92. The zero-order valence-electron chi connectivity index (χ0n) is 16.2. The Hall–Kier alpha value is -1.75. The van der Waals surface area contributed by atoms with E-state index in [2.05, 4.69) is 38.4 Å². The Labute approximate surface area is 185 Å². The Morgan fingerprint density at radius 3 is 2.47 bits per heavy atom. The monoisotopic (exact) mass is 505 g/mol. The number of hydrogen-bond donors (Lipinski definition) is 2. The maximum atomic E-state index is 14.4. The molecule has 1 aliphatic rings. The molecule has 3 unspecified atom stereocenters. The average Bonchev–Trinajstić information content (AvgIpc) is 2.65. The number of nitrogens with zero attached hydrogens (tertiary/aromatic N) is 1. The number of alkyl halides is 4. The van der Waals surface area contributed by atoms with Gasteiger partial charge in [0.1, 0.15) is 11.7 Å². The Morgan fingerprint density at radius 1 is 1.30 bits per heavy atom. The highest BCUT2D eigenvalue weighted by molar-refractivity contribution is 9.10. The summed E-state index contributed by atoms with van der Waals surface area (Å²) in [6, 6.07) is 4.76. The van der Waals surface area contributed by atoms with Crippen molar-refractivity contribution in [3.63, 3.8) is 0 Å². The standard InChI is InChI=1S/C20H20BrF4N3OS/c1-18(2,22)10-16-17(29)27-15(11-26)12-30-9-3-8-19(28-16,20(23,24)25)13-4-6-14(21)7-5-13/h4-7,15-16,28H,9-10,12H2,1-2H3,(H,27,29). The smallest absolute Gasteiger partial charge is 0.338 e. The van der Waals surface area contributed by atoms with Crippen LogP contribution in [0.4, 0.5) is 17.6 Å². The third-order valence-electron chi connectivity index (χ3n) is 4.31. The van der Waals surface area contributed by atoms with Gasteiger partial charge in [-0.15, -0.1) is 11.8 Å². The lowest BCUT2D eigenvalue weighted by Crippen LogP contribution is -2.61. The first kappa shape index (κ1) is 24.5. The Bertz CT molecular complexity index is 868. The van der Waals surface area contributed by atoms with Crippen LogP contribution in [-0.2, 0) is 10.3 Å². The second-order valence-electron chi connectivity index (χ2n) is 7.38. The summed E-state index contributed by atoms with van der Waals surface area (Å²) in [6.07, 6.45) is -5.46. The van der Waals surface area contributed by atoms with Gasteiger partial charge in [0, 0.05) is 16.6 Å². The SMILES string of the molecule is CC(C)(F)CC1NC(c2ccc(Br)cc2)(C(F)(F)F)C#CCSCC(C#N)NC1=O. The van der Waals surface area contributed by atoms with Crippen molar-refractivity contribution in [2.75, 3.05) is 11.5 Å². The lowest BCUT2D eigenvalue weighted by atomic mass is 9.87. The fourth-order valence-corrected chi connectivity index (χ4v) is 3.89. The van der Waals surface area contributed by atoms with Crippen molar-refractivity contribution in [1.29, 1.82) is 5.26 Å². The fourth-order valence-electron chi connectivity index (χ4n) is 2.94. The van der Waals surface area contributed by atoms with Crippen molar-refractivity contribution in [2.45, 2.75) is 49.7 Å². The molecule has 0 spiro atoms. The average molecular weight is 506 g/mol. The van der Waals surface area contributed by atoms with Crippen LogP contribution in [0.3, 0.4) is 0 Å². The first-order chi connectivity index (χ1) is 13.9. The summed E-state index contributed by atoms with van der Waals surface area (Å²) in [5.74, 6) is 4.08. The van der Waals surface area contributed by atoms with E-state index >= 15 is 0 Å². The zero-order chi connectivity index (χ0) is 22.6. The topological polar surface area (TPSA) is 64.9 Å². The van der Waals surface area contributed by atoms with Crippen molar-refractivity contribution in [2.24, 2.45) is 0 Å². The van der Waals surface area contributed by atoms with Crippen LogP contribution in [0.5, 0.6) is 0 Å². The summed E-state index contributed by atoms with van der Waals surface area (Å²) in [5.41, 5.74) is -5.06. The molecule has 0 fully saturated rings. The highest BCUT2D eigenvalue weighted by Gasteiger charge is 2.57. The predicted octanol–water partition coefficient (Wildman–Crippen LogP) is 4.06. The van der Waals surface area contributed by atoms with Crippen molar-refractivity contribution < 1.29 is 22.4 Å². The second-order valence-corrected chi connectivity index (χ2v) is 9.33. The number of rotatable bonds is 3. The van der Waals surface area contributed by atoms with Gasteiger partial charge in [0.05, 0.1) is 17.9 Å². The molecule has 10 heteroatoms. The molecule has 3 atom stereocenters. The number of halogens is 5. The van der Waals surface area contributed by atoms with Gasteiger partial charge in [0.25, 0.3) is 0 Å². The molecule has 1 aromatic carbocycles. The van der Waals surface area contributed by atoms with Crippen molar-refractivity contribution >= 4 is 33.6 Å². The van der Waals surface area contributed by atoms with Crippen LogP contribution in [0.15, 0.2) is 28.7 Å². The molecule has 162 valence electrons. The van der Waals surface area contributed by atoms with Crippen LogP contribution in [0.1, 0.15) is 25.8 Å². The number of thioether (sulfide) groups is 1. The summed E-state index contributed by atoms with van der Waals surface area (Å²) >= 11 is 4.32. The quantitative estimate of drug-likeness (QED) is 0.480. The van der Waals surface area contributed by atoms with Crippen LogP contribution >= 0.6 is 27.7 Å². The summed E-state index contributed by atoms with van der Waals surface area (Å²) in [4.78, 5) is 12.8. The largest absolute Gasteiger partial charge is 0.422 e. The maximum absolute atomic E-state index is 14.4. The lowest BCUT2D eigenvalue weighted by Gasteiger charge is -2.37. The van der Waals surface area contributed by atoms with Crippen molar-refractivity contribution in [3.05, 3.63) is 34.3 Å². The van der Waals surface area contributed by atoms with Crippen LogP contribution in [0, 0.1) is 23.2 Å². The first-order valence-corrected chi connectivity index (χ1v) is 10.9. The molecule has 1 aromatic rings. The highest BCUT2D eigenvalue weighted by atomic mass is 79.9. The van der Waals surface area contributed by atoms with Gasteiger partial charge in [-0.1, -0.05) is 39.9 Å². The number of carbonyl (C=O) groups is 1. The molecule has 1 amide bonds. The first-order valence-electron chi connectivity index (χ1n) is 8.95. The van der Waals surface area contributed by atoms with Gasteiger partial charge < -0.3 is 5.32 Å². The van der Waals surface area contributed by atoms with Crippen LogP contribution in [0.25, 0.3) is 0 Å². The van der Waals surface area contributed by atoms with E-state index in [1.807, 2.05) is 6.07 Å². The molecule has 0 aliphatic carbocycles. The Balaban J connectivity index is 2.65. The van der Waals surface area contributed by atoms with E-state index in [4.69, 9.17) is 0 Å². The van der Waals surface area contributed by atoms with E-state index in [9.17, 15) is 27.6 Å². The predicted molar refractivity (Wildman–Crippen MR) is 111 cm³/mol. The van der Waals surface area contributed by atoms with E-state index in [-0.39, 0.29) is 17.1 Å². The molecule has 0 saturated carbocycles. The van der Waals surface area contributed by atoms with Crippen LogP contribution in [0.2, 0.25) is 0 Å². The summed E-state index contributed by atoms with van der Waals surface area (Å²) in [6.45, 7) is 2.34. The summed E-state index contributed by atoms with van der Waals surface area (Å²) in [7, 11) is 0. The van der Waals surface area contributed by atoms with Gasteiger partial charge in [-0.3, -0.25) is 10.1 Å². The third kappa shape index (κ3) is 6.13. The molecule has 0 radical (unpaired) electrons. The minimum Gasteiger partial charge on any atom is -0.338 e. The van der Waals surface area contributed by atoms with E-state index in [0.29, 0.717) is 4.47 Å². The lowest BCUT2D eigenvalue weighted by molar-refractivity contribution is -0.185. The molecule has 0 aromatic heterocycles. The zero-order valence-corrected chi connectivity index (χ0v) is 18.6. The van der Waals surface area contributed by atoms with Gasteiger partial charge in [0.2, 0.25) is 11.4 Å². The number of hydrogen-bond acceptors (Lipinski definition) is 4. The molecule has 4 nitrogen and oxygen atoms in total. The number of nitriles is 1. The third-order valence-corrected chi connectivity index (χ3v) is 5.75. The van der Waals surface area contributed by atoms with E-state index in [1.165, 1.54) is 38.1 Å². The van der Waals surface area contributed by atoms with Gasteiger partial charge in [0.15, 0.2) is 0 Å². The maximum Gasteiger partial charge on any atom is 0.422 e. The van der Waals surface area contributed by atoms with Gasteiger partial charge in [-0.05, 0) is 31.5 Å². The van der Waals surface area contributed by atoms with Crippen LogP contribution < -0.4 is 10.6 Å². The summed E-state index contributed by atoms with van der Waals surface area (Å²) < 4.78 is 58.3. The number of nitrogens with one attached hydrogen (secondary N) is 2. The number of carbonyl (C=O) groups excluding carboxylic acids is 1. The van der Waals surface area contributed by atoms with Crippen LogP contribution in [-0.4, -0.2) is 41.3 Å². The number of amides is 1. The minimum absolute atomic E-state index is 0.0311. The molecule has 1 aliphatic heterocycles. The molecule has 1 heterocycles. The van der Waals surface area contributed by atoms with E-state index in [1.54, 1.807) is 0 Å². The molecule has 2 N–H and O–H groups in total. The van der Waals surface area contributed by atoms with E-state index < -0.39 is 41.8 Å². The molecule has 2 rings (SSSR count). The summed E-state index contributed by atoms with van der Waals surface area (Å²) in [5, 5.41) is 13.9. The van der Waals surface area contributed by atoms with Gasteiger partial charge in [-0.2, -0.15) is 18.4 Å². The van der Waals surface area contributed by atoms with Crippen molar-refractivity contribution in [1.82, 2.24) is 10.6 Å².